The number of nitrogens with one attached hydrogen (secondary N) is 2. The molecule has 0 bridgehead atoms. The Morgan fingerprint density at radius 2 is 2.00 bits per heavy atom. The van der Waals surface area contributed by atoms with Gasteiger partial charge in [0.15, 0.2) is 11.6 Å². The van der Waals surface area contributed by atoms with Crippen molar-refractivity contribution in [1.29, 1.82) is 0 Å². The van der Waals surface area contributed by atoms with E-state index >= 15 is 0 Å². The maximum Gasteiger partial charge on any atom is 0.206 e. The number of rotatable bonds is 6. The summed E-state index contributed by atoms with van der Waals surface area (Å²) >= 11 is 1.43. The van der Waals surface area contributed by atoms with Crippen molar-refractivity contribution in [1.82, 2.24) is 20.4 Å². The van der Waals surface area contributed by atoms with Gasteiger partial charge in [-0.2, -0.15) is 5.10 Å². The molecule has 0 saturated heterocycles. The number of aryl methyl sites for hydroxylation is 1. The van der Waals surface area contributed by atoms with Crippen LogP contribution in [0.15, 0.2) is 36.4 Å². The number of hydrogen-bond donors (Lipinski definition) is 3. The summed E-state index contributed by atoms with van der Waals surface area (Å²) in [6, 6.07) is 9.49. The van der Waals surface area contributed by atoms with E-state index in [2.05, 4.69) is 25.7 Å². The molecule has 4 aromatic rings. The van der Waals surface area contributed by atoms with Gasteiger partial charge in [0.1, 0.15) is 5.01 Å². The highest BCUT2D eigenvalue weighted by Crippen LogP contribution is 2.29. The summed E-state index contributed by atoms with van der Waals surface area (Å²) in [5.41, 5.74) is 9.62. The highest BCUT2D eigenvalue weighted by Gasteiger charge is 2.11. The third-order valence-electron chi connectivity index (χ3n) is 4.41. The fraction of sp³-hybridized carbons (Fsp3) is 0.211. The molecular formula is C19H18F2N6S. The molecule has 4 N–H and O–H groups in total. The topological polar surface area (TPSA) is 92.5 Å². The number of aromatic amines is 1. The summed E-state index contributed by atoms with van der Waals surface area (Å²) < 4.78 is 26.3. The standard InChI is InChI=1S/C19H18F2N6S/c1-10-14-8-12(3-5-17(14)25-24-10)18-26-27-19(28-18)23-9-13(22)6-11-2-4-15(20)16(21)7-11/h2-5,7-8,13H,6,9,22H2,1H3,(H,23,27)(H,24,25)/t13-/m0/s1. The molecule has 0 fully saturated rings. The van der Waals surface area contributed by atoms with Gasteiger partial charge in [0.2, 0.25) is 5.13 Å². The van der Waals surface area contributed by atoms with Gasteiger partial charge < -0.3 is 11.1 Å². The zero-order valence-electron chi connectivity index (χ0n) is 15.0. The lowest BCUT2D eigenvalue weighted by molar-refractivity contribution is 0.506. The molecule has 0 aliphatic carbocycles. The fourth-order valence-corrected chi connectivity index (χ4v) is 3.69. The molecule has 0 saturated carbocycles. The summed E-state index contributed by atoms with van der Waals surface area (Å²) in [7, 11) is 0. The minimum atomic E-state index is -0.865. The Hall–Kier alpha value is -2.91. The van der Waals surface area contributed by atoms with Crippen LogP contribution in [0.25, 0.3) is 21.5 Å². The lowest BCUT2D eigenvalue weighted by Gasteiger charge is -2.12. The third kappa shape index (κ3) is 3.85. The maximum absolute atomic E-state index is 13.3. The molecule has 9 heteroatoms. The molecule has 2 aromatic heterocycles. The first kappa shape index (κ1) is 18.5. The van der Waals surface area contributed by atoms with Crippen molar-refractivity contribution in [2.24, 2.45) is 5.73 Å². The zero-order chi connectivity index (χ0) is 19.7. The quantitative estimate of drug-likeness (QED) is 0.459. The molecule has 0 unspecified atom stereocenters. The van der Waals surface area contributed by atoms with Crippen LogP contribution in [0.2, 0.25) is 0 Å². The predicted octanol–water partition coefficient (Wildman–Crippen LogP) is 3.65. The first-order chi connectivity index (χ1) is 13.5. The number of anilines is 1. The van der Waals surface area contributed by atoms with E-state index in [1.165, 1.54) is 23.5 Å². The highest BCUT2D eigenvalue weighted by molar-refractivity contribution is 7.18. The molecule has 0 aliphatic heterocycles. The second-order valence-electron chi connectivity index (χ2n) is 6.59. The van der Waals surface area contributed by atoms with Gasteiger partial charge in [0.05, 0.1) is 5.52 Å². The number of aromatic nitrogens is 4. The van der Waals surface area contributed by atoms with Crippen molar-refractivity contribution < 1.29 is 8.78 Å². The van der Waals surface area contributed by atoms with Gasteiger partial charge in [0, 0.05) is 29.2 Å². The molecule has 144 valence electrons. The van der Waals surface area contributed by atoms with Crippen LogP contribution in [0.3, 0.4) is 0 Å². The number of benzene rings is 2. The number of halogens is 2. The first-order valence-electron chi connectivity index (χ1n) is 8.71. The van der Waals surface area contributed by atoms with Crippen LogP contribution in [0, 0.1) is 18.6 Å². The number of H-pyrrole nitrogens is 1. The third-order valence-corrected chi connectivity index (χ3v) is 5.34. The van der Waals surface area contributed by atoms with Gasteiger partial charge >= 0.3 is 0 Å². The van der Waals surface area contributed by atoms with Crippen LogP contribution >= 0.6 is 11.3 Å². The van der Waals surface area contributed by atoms with Crippen LogP contribution in [0.1, 0.15) is 11.3 Å². The average Bonchev–Trinajstić information content (AvgIpc) is 3.30. The zero-order valence-corrected chi connectivity index (χ0v) is 15.9. The molecule has 2 aromatic carbocycles. The first-order valence-corrected chi connectivity index (χ1v) is 9.53. The lowest BCUT2D eigenvalue weighted by Crippen LogP contribution is -2.31. The molecule has 4 rings (SSSR count). The Kier molecular flexibility index (Phi) is 5.01. The van der Waals surface area contributed by atoms with E-state index in [4.69, 9.17) is 5.73 Å². The number of fused-ring (bicyclic) bond motifs is 1. The fourth-order valence-electron chi connectivity index (χ4n) is 2.94. The SMILES string of the molecule is Cc1[nH]nc2ccc(-c3nnc(NC[C@@H](N)Cc4ccc(F)c(F)c4)s3)cc12. The summed E-state index contributed by atoms with van der Waals surface area (Å²) in [5.74, 6) is -1.73. The van der Waals surface area contributed by atoms with Crippen LogP contribution < -0.4 is 11.1 Å². The minimum Gasteiger partial charge on any atom is -0.359 e. The number of nitrogens with two attached hydrogens (primary N) is 1. The molecule has 0 spiro atoms. The van der Waals surface area contributed by atoms with Crippen molar-refractivity contribution >= 4 is 27.4 Å². The molecule has 0 amide bonds. The normalized spacial score (nSPS) is 12.4. The Labute approximate surface area is 163 Å². The van der Waals surface area contributed by atoms with E-state index in [0.717, 1.165) is 33.2 Å². The van der Waals surface area contributed by atoms with E-state index < -0.39 is 11.6 Å². The van der Waals surface area contributed by atoms with E-state index in [1.807, 2.05) is 25.1 Å². The Balaban J connectivity index is 1.40. The highest BCUT2D eigenvalue weighted by atomic mass is 32.1. The number of hydrogen-bond acceptors (Lipinski definition) is 6. The summed E-state index contributed by atoms with van der Waals surface area (Å²) in [6.45, 7) is 2.41. The summed E-state index contributed by atoms with van der Waals surface area (Å²) in [6.07, 6.45) is 0.423. The van der Waals surface area contributed by atoms with Gasteiger partial charge in [-0.1, -0.05) is 17.4 Å². The molecule has 6 nitrogen and oxygen atoms in total. The molecule has 2 heterocycles. The largest absolute Gasteiger partial charge is 0.359 e. The van der Waals surface area contributed by atoms with Gasteiger partial charge in [-0.3, -0.25) is 5.10 Å². The van der Waals surface area contributed by atoms with Crippen LogP contribution in [-0.2, 0) is 6.42 Å². The molecular weight excluding hydrogens is 382 g/mol. The molecule has 1 atom stereocenters. The maximum atomic E-state index is 13.3. The Morgan fingerprint density at radius 3 is 2.82 bits per heavy atom. The Bertz CT molecular complexity index is 1120. The second-order valence-corrected chi connectivity index (χ2v) is 7.56. The van der Waals surface area contributed by atoms with Gasteiger partial charge in [-0.05, 0) is 49.2 Å². The van der Waals surface area contributed by atoms with Crippen molar-refractivity contribution in [3.8, 4) is 10.6 Å². The van der Waals surface area contributed by atoms with Crippen molar-refractivity contribution in [2.75, 3.05) is 11.9 Å². The van der Waals surface area contributed by atoms with E-state index in [9.17, 15) is 8.78 Å². The van der Waals surface area contributed by atoms with Gasteiger partial charge in [-0.25, -0.2) is 8.78 Å². The van der Waals surface area contributed by atoms with Crippen molar-refractivity contribution in [3.63, 3.8) is 0 Å². The molecule has 0 radical (unpaired) electrons. The van der Waals surface area contributed by atoms with Crippen LogP contribution in [-0.4, -0.2) is 33.0 Å². The average molecular weight is 400 g/mol. The lowest BCUT2D eigenvalue weighted by atomic mass is 10.1. The molecule has 0 aliphatic rings. The minimum absolute atomic E-state index is 0.276. The second kappa shape index (κ2) is 7.61. The number of nitrogens with zero attached hydrogens (tertiary/aromatic N) is 3. The monoisotopic (exact) mass is 400 g/mol. The van der Waals surface area contributed by atoms with Crippen molar-refractivity contribution in [2.45, 2.75) is 19.4 Å². The van der Waals surface area contributed by atoms with Gasteiger partial charge in [-0.15, -0.1) is 10.2 Å². The van der Waals surface area contributed by atoms with E-state index in [-0.39, 0.29) is 6.04 Å². The Morgan fingerprint density at radius 1 is 1.14 bits per heavy atom. The smallest absolute Gasteiger partial charge is 0.206 e. The molecule has 28 heavy (non-hydrogen) atoms. The summed E-state index contributed by atoms with van der Waals surface area (Å²) in [4.78, 5) is 0. The van der Waals surface area contributed by atoms with Crippen LogP contribution in [0.4, 0.5) is 13.9 Å². The van der Waals surface area contributed by atoms with Crippen LogP contribution in [0.5, 0.6) is 0 Å². The van der Waals surface area contributed by atoms with Gasteiger partial charge in [0.25, 0.3) is 0 Å². The van der Waals surface area contributed by atoms with E-state index in [0.29, 0.717) is 23.7 Å². The predicted molar refractivity (Wildman–Crippen MR) is 106 cm³/mol. The summed E-state index contributed by atoms with van der Waals surface area (Å²) in [5, 5.41) is 21.2. The van der Waals surface area contributed by atoms with Crippen molar-refractivity contribution in [3.05, 3.63) is 59.3 Å². The van der Waals surface area contributed by atoms with E-state index in [1.54, 1.807) is 0 Å².